The van der Waals surface area contributed by atoms with Crippen molar-refractivity contribution in [1.82, 2.24) is 10.4 Å². The maximum absolute atomic E-state index is 11.9. The molecule has 0 saturated heterocycles. The SMILES string of the molecule is Cc1ccc(NC(C)C(=O)N/N=C\c2ccncc2)cc1. The standard InChI is InChI=1S/C16H18N4O/c1-12-3-5-15(6-4-12)19-13(2)16(21)20-18-11-14-7-9-17-10-8-14/h3-11,13,19H,1-2H3,(H,20,21)/b18-11-. The van der Waals surface area contributed by atoms with E-state index in [-0.39, 0.29) is 11.9 Å². The monoisotopic (exact) mass is 282 g/mol. The lowest BCUT2D eigenvalue weighted by Crippen LogP contribution is -2.34. The fourth-order valence-corrected chi connectivity index (χ4v) is 1.68. The average molecular weight is 282 g/mol. The Morgan fingerprint density at radius 1 is 1.19 bits per heavy atom. The van der Waals surface area contributed by atoms with E-state index in [1.54, 1.807) is 25.5 Å². The van der Waals surface area contributed by atoms with Crippen molar-refractivity contribution in [2.45, 2.75) is 19.9 Å². The largest absolute Gasteiger partial charge is 0.374 e. The first-order valence-electron chi connectivity index (χ1n) is 6.71. The van der Waals surface area contributed by atoms with E-state index in [0.29, 0.717) is 0 Å². The first kappa shape index (κ1) is 14.7. The number of nitrogens with zero attached hydrogens (tertiary/aromatic N) is 2. The van der Waals surface area contributed by atoms with Crippen LogP contribution in [-0.4, -0.2) is 23.1 Å². The summed E-state index contributed by atoms with van der Waals surface area (Å²) in [6.45, 7) is 3.81. The van der Waals surface area contributed by atoms with Crippen molar-refractivity contribution in [3.8, 4) is 0 Å². The molecular weight excluding hydrogens is 264 g/mol. The van der Waals surface area contributed by atoms with Gasteiger partial charge >= 0.3 is 0 Å². The highest BCUT2D eigenvalue weighted by atomic mass is 16.2. The molecule has 0 aliphatic carbocycles. The van der Waals surface area contributed by atoms with Gasteiger partial charge in [-0.05, 0) is 43.7 Å². The lowest BCUT2D eigenvalue weighted by molar-refractivity contribution is -0.121. The van der Waals surface area contributed by atoms with Gasteiger partial charge in [0.1, 0.15) is 6.04 Å². The Balaban J connectivity index is 1.85. The van der Waals surface area contributed by atoms with Crippen molar-refractivity contribution in [2.75, 3.05) is 5.32 Å². The van der Waals surface area contributed by atoms with Crippen LogP contribution in [-0.2, 0) is 4.79 Å². The zero-order chi connectivity index (χ0) is 15.1. The van der Waals surface area contributed by atoms with Gasteiger partial charge in [-0.25, -0.2) is 5.43 Å². The number of hydrazone groups is 1. The molecule has 0 saturated carbocycles. The lowest BCUT2D eigenvalue weighted by atomic mass is 10.2. The number of carbonyl (C=O) groups is 1. The van der Waals surface area contributed by atoms with Gasteiger partial charge in [0.05, 0.1) is 6.21 Å². The number of pyridine rings is 1. The van der Waals surface area contributed by atoms with Crippen LogP contribution < -0.4 is 10.7 Å². The zero-order valence-corrected chi connectivity index (χ0v) is 12.1. The average Bonchev–Trinajstić information content (AvgIpc) is 2.50. The summed E-state index contributed by atoms with van der Waals surface area (Å²) in [7, 11) is 0. The second kappa shape index (κ2) is 7.19. The summed E-state index contributed by atoms with van der Waals surface area (Å²) in [4.78, 5) is 15.8. The molecule has 1 atom stereocenters. The number of carbonyl (C=O) groups excluding carboxylic acids is 1. The molecule has 1 amide bonds. The third kappa shape index (κ3) is 4.72. The van der Waals surface area contributed by atoms with Gasteiger partial charge in [0.2, 0.25) is 0 Å². The van der Waals surface area contributed by atoms with Gasteiger partial charge < -0.3 is 5.32 Å². The summed E-state index contributed by atoms with van der Waals surface area (Å²) in [6.07, 6.45) is 4.92. The minimum atomic E-state index is -0.373. The second-order valence-electron chi connectivity index (χ2n) is 4.75. The Bertz CT molecular complexity index is 608. The normalized spacial score (nSPS) is 12.1. The van der Waals surface area contributed by atoms with E-state index in [2.05, 4.69) is 20.8 Å². The van der Waals surface area contributed by atoms with E-state index in [1.165, 1.54) is 5.56 Å². The van der Waals surface area contributed by atoms with E-state index in [1.807, 2.05) is 43.3 Å². The number of aryl methyl sites for hydroxylation is 1. The number of anilines is 1. The molecule has 0 radical (unpaired) electrons. The Hall–Kier alpha value is -2.69. The molecule has 0 aliphatic rings. The quantitative estimate of drug-likeness (QED) is 0.653. The van der Waals surface area contributed by atoms with Gasteiger partial charge in [-0.1, -0.05) is 17.7 Å². The Morgan fingerprint density at radius 3 is 2.52 bits per heavy atom. The lowest BCUT2D eigenvalue weighted by Gasteiger charge is -2.13. The van der Waals surface area contributed by atoms with Gasteiger partial charge in [-0.2, -0.15) is 5.10 Å². The number of hydrogen-bond acceptors (Lipinski definition) is 4. The highest BCUT2D eigenvalue weighted by molar-refractivity contribution is 5.86. The van der Waals surface area contributed by atoms with Crippen molar-refractivity contribution in [2.24, 2.45) is 5.10 Å². The number of benzene rings is 1. The fraction of sp³-hybridized carbons (Fsp3) is 0.188. The van der Waals surface area contributed by atoms with E-state index in [0.717, 1.165) is 11.3 Å². The predicted molar refractivity (Wildman–Crippen MR) is 84.2 cm³/mol. The molecule has 0 fully saturated rings. The van der Waals surface area contributed by atoms with Crippen molar-refractivity contribution in [3.63, 3.8) is 0 Å². The van der Waals surface area contributed by atoms with Crippen molar-refractivity contribution >= 4 is 17.8 Å². The smallest absolute Gasteiger partial charge is 0.262 e. The van der Waals surface area contributed by atoms with Crippen LogP contribution in [0.1, 0.15) is 18.1 Å². The van der Waals surface area contributed by atoms with Crippen molar-refractivity contribution in [1.29, 1.82) is 0 Å². The second-order valence-corrected chi connectivity index (χ2v) is 4.75. The molecule has 108 valence electrons. The van der Waals surface area contributed by atoms with Gasteiger partial charge in [0.25, 0.3) is 5.91 Å². The number of hydrogen-bond donors (Lipinski definition) is 2. The van der Waals surface area contributed by atoms with Gasteiger partial charge in [0, 0.05) is 18.1 Å². The number of aromatic nitrogens is 1. The van der Waals surface area contributed by atoms with Gasteiger partial charge in [-0.3, -0.25) is 9.78 Å². The molecule has 1 unspecified atom stereocenters. The van der Waals surface area contributed by atoms with Crippen LogP contribution in [0.4, 0.5) is 5.69 Å². The summed E-state index contributed by atoms with van der Waals surface area (Å²) in [5.74, 6) is -0.194. The van der Waals surface area contributed by atoms with E-state index in [9.17, 15) is 4.79 Å². The molecule has 2 N–H and O–H groups in total. The van der Waals surface area contributed by atoms with Crippen molar-refractivity contribution < 1.29 is 4.79 Å². The highest BCUT2D eigenvalue weighted by Gasteiger charge is 2.11. The van der Waals surface area contributed by atoms with Gasteiger partial charge in [0.15, 0.2) is 0 Å². The zero-order valence-electron chi connectivity index (χ0n) is 12.1. The molecule has 0 spiro atoms. The molecule has 0 bridgehead atoms. The maximum Gasteiger partial charge on any atom is 0.262 e. The summed E-state index contributed by atoms with van der Waals surface area (Å²) < 4.78 is 0. The Kier molecular flexibility index (Phi) is 5.04. The third-order valence-corrected chi connectivity index (χ3v) is 2.92. The molecule has 5 heteroatoms. The third-order valence-electron chi connectivity index (χ3n) is 2.92. The van der Waals surface area contributed by atoms with E-state index < -0.39 is 0 Å². The Morgan fingerprint density at radius 2 is 1.86 bits per heavy atom. The molecule has 0 aliphatic heterocycles. The minimum absolute atomic E-state index is 0.194. The van der Waals surface area contributed by atoms with Crippen LogP contribution in [0.5, 0.6) is 0 Å². The van der Waals surface area contributed by atoms with Crippen LogP contribution >= 0.6 is 0 Å². The summed E-state index contributed by atoms with van der Waals surface area (Å²) in [6, 6.07) is 11.1. The Labute approximate surface area is 124 Å². The number of nitrogens with one attached hydrogen (secondary N) is 2. The van der Waals surface area contributed by atoms with Crippen LogP contribution in [0.3, 0.4) is 0 Å². The molecule has 1 aromatic heterocycles. The molecule has 1 aromatic carbocycles. The highest BCUT2D eigenvalue weighted by Crippen LogP contribution is 2.09. The fourth-order valence-electron chi connectivity index (χ4n) is 1.68. The van der Waals surface area contributed by atoms with Crippen LogP contribution in [0.2, 0.25) is 0 Å². The molecule has 5 nitrogen and oxygen atoms in total. The predicted octanol–water partition coefficient (Wildman–Crippen LogP) is 2.34. The van der Waals surface area contributed by atoms with E-state index >= 15 is 0 Å². The molecule has 2 rings (SSSR count). The van der Waals surface area contributed by atoms with E-state index in [4.69, 9.17) is 0 Å². The minimum Gasteiger partial charge on any atom is -0.374 e. The summed E-state index contributed by atoms with van der Waals surface area (Å²) in [5.41, 5.74) is 5.47. The van der Waals surface area contributed by atoms with Crippen LogP contribution in [0.15, 0.2) is 53.9 Å². The number of amides is 1. The molecule has 1 heterocycles. The van der Waals surface area contributed by atoms with Crippen LogP contribution in [0, 0.1) is 6.92 Å². The summed E-state index contributed by atoms with van der Waals surface area (Å²) >= 11 is 0. The number of rotatable bonds is 5. The molecule has 2 aromatic rings. The first-order chi connectivity index (χ1) is 10.1. The van der Waals surface area contributed by atoms with Crippen molar-refractivity contribution in [3.05, 3.63) is 59.9 Å². The summed E-state index contributed by atoms with van der Waals surface area (Å²) in [5, 5.41) is 7.05. The van der Waals surface area contributed by atoms with Gasteiger partial charge in [-0.15, -0.1) is 0 Å². The topological polar surface area (TPSA) is 66.4 Å². The molecular formula is C16H18N4O. The molecule has 21 heavy (non-hydrogen) atoms. The first-order valence-corrected chi connectivity index (χ1v) is 6.71. The maximum atomic E-state index is 11.9. The van der Waals surface area contributed by atoms with Crippen LogP contribution in [0.25, 0.3) is 0 Å².